The molecule has 0 radical (unpaired) electrons. The van der Waals surface area contributed by atoms with E-state index in [4.69, 9.17) is 21.6 Å². The van der Waals surface area contributed by atoms with Crippen LogP contribution >= 0.6 is 11.6 Å². The molecule has 5 aromatic heterocycles. The molecule has 0 spiro atoms. The van der Waals surface area contributed by atoms with Crippen molar-refractivity contribution in [2.75, 3.05) is 0 Å². The van der Waals surface area contributed by atoms with Gasteiger partial charge in [0.2, 0.25) is 0 Å². The van der Waals surface area contributed by atoms with Gasteiger partial charge in [0.1, 0.15) is 16.8 Å². The summed E-state index contributed by atoms with van der Waals surface area (Å²) in [7, 11) is 0. The Bertz CT molecular complexity index is 2180. The van der Waals surface area contributed by atoms with Gasteiger partial charge in [-0.25, -0.2) is 9.97 Å². The van der Waals surface area contributed by atoms with Gasteiger partial charge < -0.3 is 0 Å². The Kier molecular flexibility index (Phi) is 4.81. The van der Waals surface area contributed by atoms with E-state index in [2.05, 4.69) is 80.8 Å². The van der Waals surface area contributed by atoms with Crippen LogP contribution in [0.25, 0.3) is 66.5 Å². The van der Waals surface area contributed by atoms with Crippen molar-refractivity contribution in [3.63, 3.8) is 0 Å². The fourth-order valence-electron chi connectivity index (χ4n) is 5.69. The van der Waals surface area contributed by atoms with E-state index in [1.165, 1.54) is 10.8 Å². The molecule has 0 N–H and O–H groups in total. The Balaban J connectivity index is 1.51. The SMILES string of the molecule is Clc1cc(-c2ccccn2)cc(-n2c3ccccc3c3cc4c5ccccc5n(-c5ccccn5)c4cc32)n1. The summed E-state index contributed by atoms with van der Waals surface area (Å²) in [5.74, 6) is 1.62. The highest BCUT2D eigenvalue weighted by Gasteiger charge is 2.19. The molecule has 0 aliphatic carbocycles. The highest BCUT2D eigenvalue weighted by Crippen LogP contribution is 2.39. The van der Waals surface area contributed by atoms with E-state index in [1.54, 1.807) is 6.20 Å². The summed E-state index contributed by atoms with van der Waals surface area (Å²) in [5, 5.41) is 5.10. The Labute approximate surface area is 228 Å². The Morgan fingerprint density at radius 1 is 0.487 bits per heavy atom. The van der Waals surface area contributed by atoms with E-state index in [0.717, 1.165) is 55.7 Å². The third-order valence-corrected chi connectivity index (χ3v) is 7.51. The van der Waals surface area contributed by atoms with E-state index >= 15 is 0 Å². The fourth-order valence-corrected chi connectivity index (χ4v) is 5.89. The van der Waals surface area contributed by atoms with Crippen molar-refractivity contribution in [2.24, 2.45) is 0 Å². The molecule has 6 heteroatoms. The number of aromatic nitrogens is 5. The number of nitrogens with zero attached hydrogens (tertiary/aromatic N) is 5. The van der Waals surface area contributed by atoms with Crippen molar-refractivity contribution in [2.45, 2.75) is 0 Å². The number of hydrogen-bond donors (Lipinski definition) is 0. The van der Waals surface area contributed by atoms with Gasteiger partial charge in [-0.3, -0.25) is 14.1 Å². The molecular weight excluding hydrogens is 502 g/mol. The molecule has 8 aromatic rings. The van der Waals surface area contributed by atoms with E-state index in [-0.39, 0.29) is 0 Å². The van der Waals surface area contributed by atoms with Gasteiger partial charge in [-0.2, -0.15) is 0 Å². The van der Waals surface area contributed by atoms with Crippen LogP contribution in [0, 0.1) is 0 Å². The normalized spacial score (nSPS) is 11.7. The second kappa shape index (κ2) is 8.51. The molecule has 0 fully saturated rings. The molecule has 0 atom stereocenters. The Hall–Kier alpha value is -5.00. The molecule has 184 valence electrons. The minimum absolute atomic E-state index is 0.419. The third-order valence-electron chi connectivity index (χ3n) is 7.31. The van der Waals surface area contributed by atoms with E-state index in [9.17, 15) is 0 Å². The van der Waals surface area contributed by atoms with Crippen molar-refractivity contribution >= 4 is 55.2 Å². The summed E-state index contributed by atoms with van der Waals surface area (Å²) in [5.41, 5.74) is 6.08. The van der Waals surface area contributed by atoms with Gasteiger partial charge in [-0.05, 0) is 60.7 Å². The summed E-state index contributed by atoms with van der Waals surface area (Å²) in [6.07, 6.45) is 3.62. The predicted molar refractivity (Wildman–Crippen MR) is 159 cm³/mol. The molecule has 3 aromatic carbocycles. The highest BCUT2D eigenvalue weighted by molar-refractivity contribution is 6.29. The first-order valence-corrected chi connectivity index (χ1v) is 13.1. The van der Waals surface area contributed by atoms with Gasteiger partial charge in [0.15, 0.2) is 0 Å². The van der Waals surface area contributed by atoms with Gasteiger partial charge in [0.05, 0.1) is 27.8 Å². The topological polar surface area (TPSA) is 48.5 Å². The molecule has 0 bridgehead atoms. The number of halogens is 1. The second-order valence-electron chi connectivity index (χ2n) is 9.53. The van der Waals surface area contributed by atoms with Gasteiger partial charge in [-0.15, -0.1) is 0 Å². The predicted octanol–water partition coefficient (Wildman–Crippen LogP) is 8.39. The van der Waals surface area contributed by atoms with Crippen LogP contribution in [0.2, 0.25) is 5.15 Å². The van der Waals surface area contributed by atoms with E-state index in [1.807, 2.05) is 48.7 Å². The molecule has 0 amide bonds. The maximum absolute atomic E-state index is 6.61. The zero-order chi connectivity index (χ0) is 25.9. The first kappa shape index (κ1) is 22.0. The van der Waals surface area contributed by atoms with Crippen molar-refractivity contribution < 1.29 is 0 Å². The molecule has 0 saturated carbocycles. The second-order valence-corrected chi connectivity index (χ2v) is 9.92. The number of rotatable bonds is 3. The fraction of sp³-hybridized carbons (Fsp3) is 0. The molecule has 0 aliphatic rings. The lowest BCUT2D eigenvalue weighted by atomic mass is 10.1. The van der Waals surface area contributed by atoms with E-state index in [0.29, 0.717) is 5.15 Å². The van der Waals surface area contributed by atoms with Gasteiger partial charge in [0.25, 0.3) is 0 Å². The smallest absolute Gasteiger partial charge is 0.140 e. The van der Waals surface area contributed by atoms with E-state index < -0.39 is 0 Å². The summed E-state index contributed by atoms with van der Waals surface area (Å²) in [4.78, 5) is 14.0. The number of fused-ring (bicyclic) bond motifs is 6. The molecule has 0 aliphatic heterocycles. The number of pyridine rings is 3. The van der Waals surface area contributed by atoms with Crippen LogP contribution in [0.3, 0.4) is 0 Å². The zero-order valence-corrected chi connectivity index (χ0v) is 21.4. The first-order chi connectivity index (χ1) is 19.3. The van der Waals surface area contributed by atoms with Crippen molar-refractivity contribution in [3.8, 4) is 22.9 Å². The molecule has 0 saturated heterocycles. The molecule has 0 unspecified atom stereocenters. The standard InChI is InChI=1S/C33H20ClN5/c34-31-17-21(26-11-5-7-15-35-26)18-33(37-31)39-28-13-4-2-10-23(28)25-19-24-22-9-1-3-12-27(22)38(29(24)20-30(25)39)32-14-6-8-16-36-32/h1-20H. The minimum Gasteiger partial charge on any atom is -0.294 e. The lowest BCUT2D eigenvalue weighted by molar-refractivity contribution is 1.07. The third kappa shape index (κ3) is 3.37. The number of hydrogen-bond acceptors (Lipinski definition) is 3. The summed E-state index contributed by atoms with van der Waals surface area (Å²) >= 11 is 6.61. The summed E-state index contributed by atoms with van der Waals surface area (Å²) in [6, 6.07) is 37.3. The van der Waals surface area contributed by atoms with Gasteiger partial charge >= 0.3 is 0 Å². The van der Waals surface area contributed by atoms with Gasteiger partial charge in [-0.1, -0.05) is 60.1 Å². The van der Waals surface area contributed by atoms with Crippen LogP contribution in [-0.2, 0) is 0 Å². The van der Waals surface area contributed by atoms with Crippen LogP contribution in [0.1, 0.15) is 0 Å². The molecule has 39 heavy (non-hydrogen) atoms. The van der Waals surface area contributed by atoms with Crippen LogP contribution in [0.15, 0.2) is 122 Å². The molecule has 5 nitrogen and oxygen atoms in total. The zero-order valence-electron chi connectivity index (χ0n) is 20.7. The number of para-hydroxylation sites is 2. The Morgan fingerprint density at radius 3 is 1.74 bits per heavy atom. The molecular formula is C33H20ClN5. The van der Waals surface area contributed by atoms with Crippen LogP contribution in [0.4, 0.5) is 0 Å². The summed E-state index contributed by atoms with van der Waals surface area (Å²) < 4.78 is 4.43. The maximum Gasteiger partial charge on any atom is 0.140 e. The van der Waals surface area contributed by atoms with Crippen molar-refractivity contribution in [1.82, 2.24) is 24.1 Å². The van der Waals surface area contributed by atoms with Crippen LogP contribution in [0.5, 0.6) is 0 Å². The Morgan fingerprint density at radius 2 is 1.10 bits per heavy atom. The van der Waals surface area contributed by atoms with Crippen molar-refractivity contribution in [1.29, 1.82) is 0 Å². The average Bonchev–Trinajstić information content (AvgIpc) is 3.49. The summed E-state index contributed by atoms with van der Waals surface area (Å²) in [6.45, 7) is 0. The largest absolute Gasteiger partial charge is 0.294 e. The van der Waals surface area contributed by atoms with Crippen molar-refractivity contribution in [3.05, 3.63) is 127 Å². The lowest BCUT2D eigenvalue weighted by Crippen LogP contribution is -2.00. The van der Waals surface area contributed by atoms with Crippen LogP contribution in [-0.4, -0.2) is 24.1 Å². The lowest BCUT2D eigenvalue weighted by Gasteiger charge is -2.11. The maximum atomic E-state index is 6.61. The average molecular weight is 522 g/mol. The first-order valence-electron chi connectivity index (χ1n) is 12.7. The number of benzene rings is 3. The minimum atomic E-state index is 0.419. The molecule has 5 heterocycles. The monoisotopic (exact) mass is 521 g/mol. The quantitative estimate of drug-likeness (QED) is 0.219. The van der Waals surface area contributed by atoms with Crippen LogP contribution < -0.4 is 0 Å². The highest BCUT2D eigenvalue weighted by atomic mass is 35.5. The van der Waals surface area contributed by atoms with Gasteiger partial charge in [0, 0.05) is 39.5 Å². The molecule has 8 rings (SSSR count).